The quantitative estimate of drug-likeness (QED) is 0.165. The van der Waals surface area contributed by atoms with Gasteiger partial charge in [0.1, 0.15) is 23.8 Å². The van der Waals surface area contributed by atoms with E-state index >= 15 is 0 Å². The zero-order chi connectivity index (χ0) is 32.6. The number of hydrogen-bond donors (Lipinski definition) is 1. The summed E-state index contributed by atoms with van der Waals surface area (Å²) < 4.78 is 71.4. The summed E-state index contributed by atoms with van der Waals surface area (Å²) in [6.45, 7) is 16.0. The van der Waals surface area contributed by atoms with Gasteiger partial charge in [-0.05, 0) is 74.8 Å². The van der Waals surface area contributed by atoms with E-state index in [1.807, 2.05) is 0 Å². The van der Waals surface area contributed by atoms with Gasteiger partial charge in [0.2, 0.25) is 0 Å². The molecule has 2 rings (SSSR count). The Morgan fingerprint density at radius 2 is 1.70 bits per heavy atom. The van der Waals surface area contributed by atoms with Crippen LogP contribution in [0.1, 0.15) is 70.2 Å². The number of carbonyl (C=O) groups is 1. The van der Waals surface area contributed by atoms with E-state index in [0.717, 1.165) is 12.1 Å². The Hall–Kier alpha value is -3.07. The smallest absolute Gasteiger partial charge is 0.419 e. The van der Waals surface area contributed by atoms with Crippen LogP contribution >= 0.6 is 0 Å². The molecule has 0 aliphatic carbocycles. The van der Waals surface area contributed by atoms with Crippen molar-refractivity contribution in [1.82, 2.24) is 4.90 Å². The van der Waals surface area contributed by atoms with E-state index in [4.69, 9.17) is 19.0 Å². The number of aliphatic hydroxyl groups excluding tert-OH is 1. The number of hydrogen-bond acceptors (Lipinski definition) is 5. The van der Waals surface area contributed by atoms with E-state index < -0.39 is 37.6 Å². The zero-order valence-corrected chi connectivity index (χ0v) is 27.2. The second-order valence-corrected chi connectivity index (χ2v) is 17.5. The highest BCUT2D eigenvalue weighted by Gasteiger charge is 2.37. The molecule has 0 atom stereocenters. The van der Waals surface area contributed by atoms with Crippen LogP contribution in [-0.4, -0.2) is 49.8 Å². The number of benzene rings is 2. The second-order valence-electron chi connectivity index (χ2n) is 12.7. The van der Waals surface area contributed by atoms with E-state index in [0.29, 0.717) is 16.9 Å². The van der Waals surface area contributed by atoms with Gasteiger partial charge in [0.05, 0.1) is 25.3 Å². The molecule has 0 aromatic heterocycles. The molecule has 0 spiro atoms. The van der Waals surface area contributed by atoms with Crippen molar-refractivity contribution in [3.8, 4) is 17.6 Å². The van der Waals surface area contributed by atoms with Gasteiger partial charge in [0, 0.05) is 24.1 Å². The molecule has 0 aliphatic heterocycles. The molecule has 0 heterocycles. The van der Waals surface area contributed by atoms with Crippen LogP contribution in [0.25, 0.3) is 0 Å². The standard InChI is InChI=1S/C32H43F4NO5Si/c1-30(2,3)42-29(39)37(16-18-41-43(7,8)31(4,5)6)21-25-19-23(11-9-10-17-38)13-15-28(25)40-22-24-12-14-27(33)26(20-24)32(34,35)36/h12-15,19-20,38H,10,16-18,21-22H2,1-8H3. The summed E-state index contributed by atoms with van der Waals surface area (Å²) in [4.78, 5) is 14.8. The highest BCUT2D eigenvalue weighted by molar-refractivity contribution is 6.74. The maximum absolute atomic E-state index is 13.8. The van der Waals surface area contributed by atoms with Crippen LogP contribution in [0.2, 0.25) is 18.1 Å². The number of halogens is 4. The van der Waals surface area contributed by atoms with E-state index in [1.54, 1.807) is 39.0 Å². The van der Waals surface area contributed by atoms with Crippen molar-refractivity contribution in [2.24, 2.45) is 0 Å². The molecular weight excluding hydrogens is 582 g/mol. The van der Waals surface area contributed by atoms with E-state index in [9.17, 15) is 22.4 Å². The molecule has 2 aromatic carbocycles. The lowest BCUT2D eigenvalue weighted by molar-refractivity contribution is -0.140. The van der Waals surface area contributed by atoms with Crippen LogP contribution in [0.15, 0.2) is 36.4 Å². The minimum absolute atomic E-state index is 0.0291. The number of aliphatic hydroxyl groups is 1. The van der Waals surface area contributed by atoms with Gasteiger partial charge in [-0.25, -0.2) is 9.18 Å². The number of carbonyl (C=O) groups excluding carboxylic acids is 1. The fraction of sp³-hybridized carbons (Fsp3) is 0.531. The predicted molar refractivity (Wildman–Crippen MR) is 161 cm³/mol. The zero-order valence-electron chi connectivity index (χ0n) is 26.2. The summed E-state index contributed by atoms with van der Waals surface area (Å²) in [6, 6.07) is 7.71. The Labute approximate surface area is 253 Å². The molecule has 0 unspecified atom stereocenters. The summed E-state index contributed by atoms with van der Waals surface area (Å²) in [5.41, 5.74) is -0.879. The predicted octanol–water partition coefficient (Wildman–Crippen LogP) is 7.92. The molecular formula is C32H43F4NO5Si. The first-order valence-corrected chi connectivity index (χ1v) is 17.0. The first kappa shape index (κ1) is 36.1. The van der Waals surface area contributed by atoms with Gasteiger partial charge in [0.25, 0.3) is 0 Å². The molecule has 0 aliphatic rings. The summed E-state index contributed by atoms with van der Waals surface area (Å²) >= 11 is 0. The van der Waals surface area contributed by atoms with Crippen molar-refractivity contribution >= 4 is 14.4 Å². The molecule has 0 radical (unpaired) electrons. The van der Waals surface area contributed by atoms with Crippen molar-refractivity contribution in [3.05, 3.63) is 64.5 Å². The maximum Gasteiger partial charge on any atom is 0.419 e. The molecule has 0 saturated carbocycles. The first-order valence-electron chi connectivity index (χ1n) is 14.1. The molecule has 43 heavy (non-hydrogen) atoms. The van der Waals surface area contributed by atoms with Crippen LogP contribution < -0.4 is 4.74 Å². The third-order valence-electron chi connectivity index (χ3n) is 6.90. The lowest BCUT2D eigenvalue weighted by Gasteiger charge is -2.37. The molecule has 238 valence electrons. The molecule has 0 fully saturated rings. The van der Waals surface area contributed by atoms with Crippen molar-refractivity contribution in [3.63, 3.8) is 0 Å². The molecule has 1 N–H and O–H groups in total. The fourth-order valence-corrected chi connectivity index (χ4v) is 4.61. The Kier molecular flexibility index (Phi) is 12.3. The van der Waals surface area contributed by atoms with Crippen molar-refractivity contribution in [2.45, 2.75) is 91.0 Å². The van der Waals surface area contributed by atoms with E-state index in [-0.39, 0.29) is 49.9 Å². The summed E-state index contributed by atoms with van der Waals surface area (Å²) in [5.74, 6) is 4.75. The van der Waals surface area contributed by atoms with Crippen LogP contribution in [0, 0.1) is 17.7 Å². The molecule has 0 bridgehead atoms. The van der Waals surface area contributed by atoms with Gasteiger partial charge < -0.3 is 23.9 Å². The molecule has 2 aromatic rings. The largest absolute Gasteiger partial charge is 0.489 e. The maximum atomic E-state index is 13.8. The second kappa shape index (κ2) is 14.6. The molecule has 11 heteroatoms. The van der Waals surface area contributed by atoms with E-state index in [1.165, 1.54) is 11.0 Å². The Morgan fingerprint density at radius 1 is 1.02 bits per heavy atom. The minimum Gasteiger partial charge on any atom is -0.489 e. The molecule has 0 saturated heterocycles. The van der Waals surface area contributed by atoms with Gasteiger partial charge in [0.15, 0.2) is 8.32 Å². The summed E-state index contributed by atoms with van der Waals surface area (Å²) in [5, 5.41) is 9.06. The molecule has 1 amide bonds. The normalized spacial score (nSPS) is 12.4. The van der Waals surface area contributed by atoms with Crippen molar-refractivity contribution in [1.29, 1.82) is 0 Å². The number of amides is 1. The number of ether oxygens (including phenoxy) is 2. The highest BCUT2D eigenvalue weighted by atomic mass is 28.4. The number of nitrogens with zero attached hydrogens (tertiary/aromatic N) is 1. The van der Waals surface area contributed by atoms with Gasteiger partial charge in [-0.3, -0.25) is 0 Å². The van der Waals surface area contributed by atoms with Crippen LogP contribution in [-0.2, 0) is 28.5 Å². The average molecular weight is 626 g/mol. The van der Waals surface area contributed by atoms with Crippen LogP contribution in [0.3, 0.4) is 0 Å². The Balaban J connectivity index is 2.41. The third kappa shape index (κ3) is 11.5. The summed E-state index contributed by atoms with van der Waals surface area (Å²) in [6.07, 6.45) is -5.14. The minimum atomic E-state index is -4.85. The van der Waals surface area contributed by atoms with Gasteiger partial charge in [-0.15, -0.1) is 0 Å². The Morgan fingerprint density at radius 3 is 2.28 bits per heavy atom. The van der Waals surface area contributed by atoms with Gasteiger partial charge in [-0.2, -0.15) is 13.2 Å². The summed E-state index contributed by atoms with van der Waals surface area (Å²) in [7, 11) is -2.11. The topological polar surface area (TPSA) is 68.2 Å². The highest BCUT2D eigenvalue weighted by Crippen LogP contribution is 2.36. The first-order chi connectivity index (χ1) is 19.7. The SMILES string of the molecule is CC(C)(C)OC(=O)N(CCO[Si](C)(C)C(C)(C)C)Cc1cc(C#CCCO)ccc1OCc1ccc(F)c(C(F)(F)F)c1. The van der Waals surface area contributed by atoms with Crippen LogP contribution in [0.5, 0.6) is 5.75 Å². The monoisotopic (exact) mass is 625 g/mol. The van der Waals surface area contributed by atoms with Crippen molar-refractivity contribution < 1.29 is 41.4 Å². The molecule has 6 nitrogen and oxygen atoms in total. The Bertz CT molecular complexity index is 1300. The van der Waals surface area contributed by atoms with Gasteiger partial charge in [-0.1, -0.05) is 38.7 Å². The number of rotatable bonds is 10. The fourth-order valence-electron chi connectivity index (χ4n) is 3.58. The average Bonchev–Trinajstić information content (AvgIpc) is 2.86. The lowest BCUT2D eigenvalue weighted by atomic mass is 10.1. The third-order valence-corrected chi connectivity index (χ3v) is 11.4. The van der Waals surface area contributed by atoms with Gasteiger partial charge >= 0.3 is 12.3 Å². The van der Waals surface area contributed by atoms with Crippen molar-refractivity contribution in [2.75, 3.05) is 19.8 Å². The lowest BCUT2D eigenvalue weighted by Crippen LogP contribution is -2.44. The van der Waals surface area contributed by atoms with E-state index in [2.05, 4.69) is 45.7 Å². The number of alkyl halides is 3. The van der Waals surface area contributed by atoms with Crippen LogP contribution in [0.4, 0.5) is 22.4 Å².